The number of sulfonamides is 1. The average molecular weight is 330 g/mol. The molecule has 0 unspecified atom stereocenters. The van der Waals surface area contributed by atoms with Gasteiger partial charge in [0.05, 0.1) is 5.75 Å². The van der Waals surface area contributed by atoms with Gasteiger partial charge in [-0.1, -0.05) is 31.5 Å². The number of rotatable bonds is 6. The van der Waals surface area contributed by atoms with Crippen molar-refractivity contribution in [1.82, 2.24) is 0 Å². The number of para-hydroxylation sites is 1. The maximum Gasteiger partial charge on any atom is 0.232 e. The minimum Gasteiger partial charge on any atom is -0.341 e. The van der Waals surface area contributed by atoms with E-state index in [9.17, 15) is 8.42 Å². The molecular weight excluding hydrogens is 308 g/mol. The van der Waals surface area contributed by atoms with E-state index in [1.807, 2.05) is 37.3 Å². The van der Waals surface area contributed by atoms with Crippen LogP contribution in [0.25, 0.3) is 0 Å². The zero-order chi connectivity index (χ0) is 16.3. The zero-order valence-corrected chi connectivity index (χ0v) is 14.1. The molecule has 0 atom stereocenters. The summed E-state index contributed by atoms with van der Waals surface area (Å²) < 4.78 is 26.5. The molecule has 0 bridgehead atoms. The molecule has 0 radical (unpaired) electrons. The van der Waals surface area contributed by atoms with Gasteiger partial charge in [0.15, 0.2) is 0 Å². The van der Waals surface area contributed by atoms with Crippen molar-refractivity contribution >= 4 is 27.1 Å². The van der Waals surface area contributed by atoms with Gasteiger partial charge in [-0.3, -0.25) is 4.72 Å². The lowest BCUT2D eigenvalue weighted by Crippen LogP contribution is -2.17. The Kier molecular flexibility index (Phi) is 4.57. The molecule has 0 saturated carbocycles. The number of hydrogen-bond acceptors (Lipinski definition) is 3. The third-order valence-electron chi connectivity index (χ3n) is 4.11. The van der Waals surface area contributed by atoms with Crippen LogP contribution >= 0.6 is 0 Å². The van der Waals surface area contributed by atoms with Crippen molar-refractivity contribution in [2.24, 2.45) is 0 Å². The second-order valence-corrected chi connectivity index (χ2v) is 7.69. The van der Waals surface area contributed by atoms with Crippen molar-refractivity contribution in [3.63, 3.8) is 0 Å². The lowest BCUT2D eigenvalue weighted by atomic mass is 10.2. The number of unbranched alkanes of at least 4 members (excludes halogenated alkanes) is 1. The molecule has 0 saturated heterocycles. The van der Waals surface area contributed by atoms with Gasteiger partial charge in [-0.15, -0.1) is 0 Å². The molecule has 2 aromatic carbocycles. The van der Waals surface area contributed by atoms with Crippen LogP contribution in [0.5, 0.6) is 0 Å². The van der Waals surface area contributed by atoms with Gasteiger partial charge in [-0.25, -0.2) is 8.42 Å². The van der Waals surface area contributed by atoms with E-state index in [4.69, 9.17) is 0 Å². The minimum atomic E-state index is -3.24. The zero-order valence-electron chi connectivity index (χ0n) is 13.3. The Labute approximate surface area is 138 Å². The van der Waals surface area contributed by atoms with Gasteiger partial charge >= 0.3 is 0 Å². The van der Waals surface area contributed by atoms with Crippen molar-refractivity contribution in [2.45, 2.75) is 26.2 Å². The molecule has 2 aromatic rings. The van der Waals surface area contributed by atoms with E-state index in [1.165, 1.54) is 11.3 Å². The second-order valence-electron chi connectivity index (χ2n) is 5.85. The van der Waals surface area contributed by atoms with Gasteiger partial charge < -0.3 is 4.90 Å². The molecule has 0 amide bonds. The maximum atomic E-state index is 11.9. The molecule has 1 aliphatic heterocycles. The Morgan fingerprint density at radius 3 is 2.57 bits per heavy atom. The van der Waals surface area contributed by atoms with Gasteiger partial charge in [0.25, 0.3) is 0 Å². The normalized spacial score (nSPS) is 13.9. The molecular formula is C18H22N2O2S. The summed E-state index contributed by atoms with van der Waals surface area (Å²) in [7, 11) is -3.24. The van der Waals surface area contributed by atoms with Crippen molar-refractivity contribution in [1.29, 1.82) is 0 Å². The second kappa shape index (κ2) is 6.62. The highest BCUT2D eigenvalue weighted by Gasteiger charge is 2.19. The Balaban J connectivity index is 1.74. The van der Waals surface area contributed by atoms with Crippen LogP contribution in [0.2, 0.25) is 0 Å². The monoisotopic (exact) mass is 330 g/mol. The van der Waals surface area contributed by atoms with Crippen LogP contribution in [0.3, 0.4) is 0 Å². The molecule has 1 N–H and O–H groups in total. The first kappa shape index (κ1) is 15.9. The Hall–Kier alpha value is -2.01. The number of nitrogens with zero attached hydrogens (tertiary/aromatic N) is 1. The molecule has 4 nitrogen and oxygen atoms in total. The number of nitrogens with one attached hydrogen (secondary N) is 1. The largest absolute Gasteiger partial charge is 0.341 e. The van der Waals surface area contributed by atoms with E-state index >= 15 is 0 Å². The summed E-state index contributed by atoms with van der Waals surface area (Å²) in [4.78, 5) is 2.27. The summed E-state index contributed by atoms with van der Waals surface area (Å²) in [6.07, 6.45) is 2.59. The van der Waals surface area contributed by atoms with Crippen LogP contribution in [0.15, 0.2) is 48.5 Å². The van der Waals surface area contributed by atoms with E-state index in [-0.39, 0.29) is 5.75 Å². The van der Waals surface area contributed by atoms with Crippen molar-refractivity contribution in [2.75, 3.05) is 21.9 Å². The number of fused-ring (bicyclic) bond motifs is 1. The fraction of sp³-hybridized carbons (Fsp3) is 0.333. The van der Waals surface area contributed by atoms with Crippen LogP contribution < -0.4 is 9.62 Å². The van der Waals surface area contributed by atoms with E-state index in [1.54, 1.807) is 0 Å². The van der Waals surface area contributed by atoms with Crippen LogP contribution in [-0.4, -0.2) is 20.7 Å². The van der Waals surface area contributed by atoms with Crippen molar-refractivity contribution in [3.8, 4) is 0 Å². The summed E-state index contributed by atoms with van der Waals surface area (Å²) in [5.41, 5.74) is 4.31. The highest BCUT2D eigenvalue weighted by Crippen LogP contribution is 2.34. The van der Waals surface area contributed by atoms with Crippen LogP contribution in [0, 0.1) is 0 Å². The number of hydrogen-bond donors (Lipinski definition) is 1. The fourth-order valence-corrected chi connectivity index (χ4v) is 4.15. The number of anilines is 3. The van der Waals surface area contributed by atoms with Gasteiger partial charge in [0.1, 0.15) is 0 Å². The summed E-state index contributed by atoms with van der Waals surface area (Å²) in [5.74, 6) is 0.171. The third-order valence-corrected chi connectivity index (χ3v) is 5.48. The first-order chi connectivity index (χ1) is 11.1. The molecule has 5 heteroatoms. The van der Waals surface area contributed by atoms with Crippen LogP contribution in [-0.2, 0) is 16.4 Å². The molecule has 0 aliphatic carbocycles. The Bertz CT molecular complexity index is 770. The molecule has 1 heterocycles. The van der Waals surface area contributed by atoms with Gasteiger partial charge in [0.2, 0.25) is 10.0 Å². The number of benzene rings is 2. The molecule has 3 rings (SSSR count). The summed E-state index contributed by atoms with van der Waals surface area (Å²) in [6, 6.07) is 16.0. The van der Waals surface area contributed by atoms with Crippen LogP contribution in [0.1, 0.15) is 25.3 Å². The van der Waals surface area contributed by atoms with E-state index in [2.05, 4.69) is 27.8 Å². The molecule has 0 aromatic heterocycles. The molecule has 0 fully saturated rings. The SMILES string of the molecule is CCCCS(=O)(=O)Nc1ccc(N2CCc3ccccc32)cc1. The quantitative estimate of drug-likeness (QED) is 0.873. The maximum absolute atomic E-state index is 11.9. The summed E-state index contributed by atoms with van der Waals surface area (Å²) in [6.45, 7) is 2.94. The lowest BCUT2D eigenvalue weighted by molar-refractivity contribution is 0.598. The van der Waals surface area contributed by atoms with Crippen LogP contribution in [0.4, 0.5) is 17.1 Å². The third kappa shape index (κ3) is 3.67. The first-order valence-electron chi connectivity index (χ1n) is 8.05. The average Bonchev–Trinajstić information content (AvgIpc) is 2.97. The predicted molar refractivity (Wildman–Crippen MR) is 95.9 cm³/mol. The highest BCUT2D eigenvalue weighted by atomic mass is 32.2. The van der Waals surface area contributed by atoms with Crippen molar-refractivity contribution in [3.05, 3.63) is 54.1 Å². The summed E-state index contributed by atoms with van der Waals surface area (Å²) in [5, 5.41) is 0. The van der Waals surface area contributed by atoms with Gasteiger partial charge in [-0.05, 0) is 48.7 Å². The Morgan fingerprint density at radius 1 is 1.09 bits per heavy atom. The first-order valence-corrected chi connectivity index (χ1v) is 9.70. The van der Waals surface area contributed by atoms with Crippen molar-refractivity contribution < 1.29 is 8.42 Å². The molecule has 23 heavy (non-hydrogen) atoms. The van der Waals surface area contributed by atoms with E-state index < -0.39 is 10.0 Å². The molecule has 1 aliphatic rings. The Morgan fingerprint density at radius 2 is 1.83 bits per heavy atom. The van der Waals surface area contributed by atoms with Gasteiger partial charge in [-0.2, -0.15) is 0 Å². The minimum absolute atomic E-state index is 0.171. The smallest absolute Gasteiger partial charge is 0.232 e. The highest BCUT2D eigenvalue weighted by molar-refractivity contribution is 7.92. The van der Waals surface area contributed by atoms with E-state index in [0.717, 1.165) is 25.1 Å². The molecule has 122 valence electrons. The summed E-state index contributed by atoms with van der Waals surface area (Å²) >= 11 is 0. The molecule has 0 spiro atoms. The predicted octanol–water partition coefficient (Wildman–Crippen LogP) is 3.92. The standard InChI is InChI=1S/C18H22N2O2S/c1-2-3-14-23(21,22)19-16-8-10-17(11-9-16)20-13-12-15-6-4-5-7-18(15)20/h4-11,19H,2-3,12-14H2,1H3. The lowest BCUT2D eigenvalue weighted by Gasteiger charge is -2.20. The fourth-order valence-electron chi connectivity index (χ4n) is 2.88. The van der Waals surface area contributed by atoms with Gasteiger partial charge in [0, 0.05) is 23.6 Å². The van der Waals surface area contributed by atoms with E-state index in [0.29, 0.717) is 12.1 Å². The topological polar surface area (TPSA) is 49.4 Å².